The lowest BCUT2D eigenvalue weighted by Gasteiger charge is -2.11. The van der Waals surface area contributed by atoms with Crippen molar-refractivity contribution in [2.45, 2.75) is 40.0 Å². The highest BCUT2D eigenvalue weighted by molar-refractivity contribution is 4.81. The van der Waals surface area contributed by atoms with Crippen molar-refractivity contribution >= 4 is 0 Å². The molecule has 1 aliphatic rings. The topological polar surface area (TPSA) is 0 Å². The van der Waals surface area contributed by atoms with Crippen molar-refractivity contribution in [3.8, 4) is 0 Å². The Morgan fingerprint density at radius 3 is 2.40 bits per heavy atom. The van der Waals surface area contributed by atoms with Crippen LogP contribution in [-0.2, 0) is 0 Å². The summed E-state index contributed by atoms with van der Waals surface area (Å²) < 4.78 is 0. The van der Waals surface area contributed by atoms with Crippen molar-refractivity contribution in [3.05, 3.63) is 6.42 Å². The summed E-state index contributed by atoms with van der Waals surface area (Å²) in [7, 11) is 0. The van der Waals surface area contributed by atoms with Crippen LogP contribution in [0.15, 0.2) is 0 Å². The van der Waals surface area contributed by atoms with E-state index >= 15 is 0 Å². The first kappa shape index (κ1) is 8.10. The van der Waals surface area contributed by atoms with E-state index in [1.165, 1.54) is 19.3 Å². The molecule has 1 saturated carbocycles. The SMILES string of the molecule is CC1[CH]CC(C)CC(C)C1. The molecule has 1 aliphatic carbocycles. The summed E-state index contributed by atoms with van der Waals surface area (Å²) in [6, 6.07) is 0. The predicted octanol–water partition coefficient (Wildman–Crippen LogP) is 3.28. The van der Waals surface area contributed by atoms with E-state index in [0.29, 0.717) is 0 Å². The monoisotopic (exact) mass is 139 g/mol. The summed E-state index contributed by atoms with van der Waals surface area (Å²) in [4.78, 5) is 0. The van der Waals surface area contributed by atoms with Gasteiger partial charge in [0.05, 0.1) is 0 Å². The molecule has 0 aromatic carbocycles. The molecule has 0 spiro atoms. The fourth-order valence-corrected chi connectivity index (χ4v) is 2.07. The van der Waals surface area contributed by atoms with Crippen LogP contribution >= 0.6 is 0 Å². The molecule has 10 heavy (non-hydrogen) atoms. The van der Waals surface area contributed by atoms with Crippen LogP contribution in [0.5, 0.6) is 0 Å². The van der Waals surface area contributed by atoms with Gasteiger partial charge in [0.2, 0.25) is 0 Å². The van der Waals surface area contributed by atoms with Gasteiger partial charge in [-0.2, -0.15) is 0 Å². The van der Waals surface area contributed by atoms with E-state index in [1.54, 1.807) is 0 Å². The fourth-order valence-electron chi connectivity index (χ4n) is 2.07. The van der Waals surface area contributed by atoms with Gasteiger partial charge in [-0.05, 0) is 43.4 Å². The Morgan fingerprint density at radius 2 is 1.70 bits per heavy atom. The second-order valence-corrected chi connectivity index (χ2v) is 4.13. The maximum Gasteiger partial charge on any atom is -0.0355 e. The van der Waals surface area contributed by atoms with Crippen molar-refractivity contribution in [2.75, 3.05) is 0 Å². The lowest BCUT2D eigenvalue weighted by Crippen LogP contribution is -1.99. The van der Waals surface area contributed by atoms with E-state index in [9.17, 15) is 0 Å². The summed E-state index contributed by atoms with van der Waals surface area (Å²) in [5, 5.41) is 0. The van der Waals surface area contributed by atoms with E-state index in [-0.39, 0.29) is 0 Å². The maximum atomic E-state index is 2.49. The van der Waals surface area contributed by atoms with Crippen LogP contribution in [0.3, 0.4) is 0 Å². The molecule has 0 aromatic heterocycles. The van der Waals surface area contributed by atoms with Gasteiger partial charge in [0.25, 0.3) is 0 Å². The minimum Gasteiger partial charge on any atom is -0.0625 e. The van der Waals surface area contributed by atoms with Crippen LogP contribution in [0, 0.1) is 24.2 Å². The fraction of sp³-hybridized carbons (Fsp3) is 0.900. The van der Waals surface area contributed by atoms with Gasteiger partial charge in [-0.15, -0.1) is 0 Å². The third-order valence-electron chi connectivity index (χ3n) is 2.52. The summed E-state index contributed by atoms with van der Waals surface area (Å²) in [6.07, 6.45) is 6.67. The van der Waals surface area contributed by atoms with Crippen LogP contribution in [0.25, 0.3) is 0 Å². The van der Waals surface area contributed by atoms with Crippen LogP contribution < -0.4 is 0 Å². The molecule has 1 radical (unpaired) electrons. The van der Waals surface area contributed by atoms with Crippen LogP contribution in [0.1, 0.15) is 40.0 Å². The van der Waals surface area contributed by atoms with Gasteiger partial charge in [0.1, 0.15) is 0 Å². The Kier molecular flexibility index (Phi) is 2.76. The Bertz CT molecular complexity index is 84.2. The Labute approximate surface area is 65.0 Å². The standard InChI is InChI=1S/C10H19/c1-8-4-5-9(2)7-10(3)6-8/h4,8-10H,5-7H2,1-3H3. The molecule has 0 heterocycles. The zero-order valence-corrected chi connectivity index (χ0v) is 7.43. The summed E-state index contributed by atoms with van der Waals surface area (Å²) >= 11 is 0. The molecular formula is C10H19. The molecule has 0 bridgehead atoms. The van der Waals surface area contributed by atoms with Gasteiger partial charge in [0.15, 0.2) is 0 Å². The second-order valence-electron chi connectivity index (χ2n) is 4.13. The molecule has 1 fully saturated rings. The molecule has 0 nitrogen and oxygen atoms in total. The first-order valence-electron chi connectivity index (χ1n) is 4.51. The number of hydrogen-bond donors (Lipinski definition) is 0. The summed E-state index contributed by atoms with van der Waals surface area (Å²) in [6.45, 7) is 7.09. The minimum atomic E-state index is 0.861. The largest absolute Gasteiger partial charge is 0.0625 e. The maximum absolute atomic E-state index is 2.49. The predicted molar refractivity (Wildman–Crippen MR) is 45.6 cm³/mol. The molecule has 3 atom stereocenters. The van der Waals surface area contributed by atoms with Gasteiger partial charge in [-0.3, -0.25) is 0 Å². The summed E-state index contributed by atoms with van der Waals surface area (Å²) in [5.74, 6) is 2.74. The molecule has 0 amide bonds. The quantitative estimate of drug-likeness (QED) is 0.452. The minimum absolute atomic E-state index is 0.861. The van der Waals surface area contributed by atoms with E-state index < -0.39 is 0 Å². The molecule has 0 N–H and O–H groups in total. The average Bonchev–Trinajstić information content (AvgIpc) is 1.93. The van der Waals surface area contributed by atoms with Gasteiger partial charge >= 0.3 is 0 Å². The van der Waals surface area contributed by atoms with E-state index in [4.69, 9.17) is 0 Å². The molecular weight excluding hydrogens is 120 g/mol. The molecule has 3 unspecified atom stereocenters. The second kappa shape index (κ2) is 3.41. The molecule has 59 valence electrons. The van der Waals surface area contributed by atoms with Crippen LogP contribution in [-0.4, -0.2) is 0 Å². The molecule has 1 rings (SSSR count). The van der Waals surface area contributed by atoms with Gasteiger partial charge < -0.3 is 0 Å². The van der Waals surface area contributed by atoms with E-state index in [1.807, 2.05) is 0 Å². The van der Waals surface area contributed by atoms with E-state index in [2.05, 4.69) is 27.2 Å². The molecule has 0 saturated heterocycles. The molecule has 0 heteroatoms. The van der Waals surface area contributed by atoms with Crippen molar-refractivity contribution in [1.29, 1.82) is 0 Å². The van der Waals surface area contributed by atoms with Crippen molar-refractivity contribution < 1.29 is 0 Å². The van der Waals surface area contributed by atoms with Crippen molar-refractivity contribution in [1.82, 2.24) is 0 Å². The Balaban J connectivity index is 2.38. The Hall–Kier alpha value is 0. The lowest BCUT2D eigenvalue weighted by atomic mass is 9.95. The van der Waals surface area contributed by atoms with Crippen molar-refractivity contribution in [3.63, 3.8) is 0 Å². The highest BCUT2D eigenvalue weighted by Gasteiger charge is 2.17. The number of rotatable bonds is 0. The third-order valence-corrected chi connectivity index (χ3v) is 2.52. The first-order valence-corrected chi connectivity index (χ1v) is 4.51. The highest BCUT2D eigenvalue weighted by Crippen LogP contribution is 2.29. The van der Waals surface area contributed by atoms with E-state index in [0.717, 1.165) is 17.8 Å². The zero-order valence-electron chi connectivity index (χ0n) is 7.43. The molecule has 0 aliphatic heterocycles. The summed E-state index contributed by atoms with van der Waals surface area (Å²) in [5.41, 5.74) is 0. The van der Waals surface area contributed by atoms with Gasteiger partial charge in [-0.25, -0.2) is 0 Å². The first-order chi connectivity index (χ1) is 4.68. The third kappa shape index (κ3) is 2.32. The van der Waals surface area contributed by atoms with Gasteiger partial charge in [0, 0.05) is 0 Å². The van der Waals surface area contributed by atoms with Crippen molar-refractivity contribution in [2.24, 2.45) is 17.8 Å². The van der Waals surface area contributed by atoms with Gasteiger partial charge in [-0.1, -0.05) is 20.8 Å². The Morgan fingerprint density at radius 1 is 1.00 bits per heavy atom. The number of hydrogen-bond acceptors (Lipinski definition) is 0. The normalized spacial score (nSPS) is 42.9. The van der Waals surface area contributed by atoms with Crippen LogP contribution in [0.4, 0.5) is 0 Å². The smallest absolute Gasteiger partial charge is 0.0355 e. The lowest BCUT2D eigenvalue weighted by molar-refractivity contribution is 0.407. The zero-order chi connectivity index (χ0) is 7.56. The average molecular weight is 139 g/mol. The molecule has 0 aromatic rings. The highest BCUT2D eigenvalue weighted by atomic mass is 14.2. The van der Waals surface area contributed by atoms with Crippen LogP contribution in [0.2, 0.25) is 0 Å².